The SMILES string of the molecule is CC1=CC[C@@H]2C(=O)N(c3ccc(C(=O)Nc4ccc(C(=O)O)cc4)cc3)C(=O)[C@H]2C1. The summed E-state index contributed by atoms with van der Waals surface area (Å²) in [4.78, 5) is 50.1. The Hall–Kier alpha value is -3.74. The highest BCUT2D eigenvalue weighted by Gasteiger charge is 2.48. The van der Waals surface area contributed by atoms with E-state index in [0.29, 0.717) is 29.8 Å². The van der Waals surface area contributed by atoms with E-state index in [1.807, 2.05) is 13.0 Å². The Bertz CT molecular complexity index is 1070. The molecule has 1 aliphatic heterocycles. The van der Waals surface area contributed by atoms with E-state index in [-0.39, 0.29) is 35.1 Å². The third-order valence-corrected chi connectivity index (χ3v) is 5.60. The van der Waals surface area contributed by atoms with Gasteiger partial charge in [-0.3, -0.25) is 19.3 Å². The van der Waals surface area contributed by atoms with Gasteiger partial charge in [0.15, 0.2) is 0 Å². The van der Waals surface area contributed by atoms with Crippen molar-refractivity contribution >= 4 is 35.1 Å². The molecule has 2 aromatic carbocycles. The summed E-state index contributed by atoms with van der Waals surface area (Å²) in [5.74, 6) is -2.41. The second kappa shape index (κ2) is 7.59. The number of imide groups is 1. The van der Waals surface area contributed by atoms with Crippen LogP contribution in [0.25, 0.3) is 0 Å². The molecule has 30 heavy (non-hydrogen) atoms. The molecule has 2 aliphatic rings. The van der Waals surface area contributed by atoms with Gasteiger partial charge in [0.05, 0.1) is 23.1 Å². The van der Waals surface area contributed by atoms with Gasteiger partial charge < -0.3 is 10.4 Å². The topological polar surface area (TPSA) is 104 Å². The number of carboxylic acids is 1. The number of nitrogens with one attached hydrogen (secondary N) is 1. The van der Waals surface area contributed by atoms with E-state index >= 15 is 0 Å². The zero-order valence-corrected chi connectivity index (χ0v) is 16.3. The Morgan fingerprint density at radius 3 is 2.17 bits per heavy atom. The van der Waals surface area contributed by atoms with Crippen LogP contribution in [0.2, 0.25) is 0 Å². The van der Waals surface area contributed by atoms with E-state index in [4.69, 9.17) is 5.11 Å². The van der Waals surface area contributed by atoms with Crippen LogP contribution in [0.4, 0.5) is 11.4 Å². The summed E-state index contributed by atoms with van der Waals surface area (Å²) in [5, 5.41) is 11.6. The summed E-state index contributed by atoms with van der Waals surface area (Å²) in [7, 11) is 0. The van der Waals surface area contributed by atoms with Crippen LogP contribution >= 0.6 is 0 Å². The molecular formula is C23H20N2O5. The van der Waals surface area contributed by atoms with Gasteiger partial charge in [-0.25, -0.2) is 4.79 Å². The van der Waals surface area contributed by atoms with Gasteiger partial charge in [0.25, 0.3) is 5.91 Å². The monoisotopic (exact) mass is 404 g/mol. The van der Waals surface area contributed by atoms with E-state index in [1.54, 1.807) is 24.3 Å². The van der Waals surface area contributed by atoms with E-state index in [9.17, 15) is 19.2 Å². The lowest BCUT2D eigenvalue weighted by molar-refractivity contribution is -0.122. The van der Waals surface area contributed by atoms with Crippen molar-refractivity contribution in [3.05, 3.63) is 71.3 Å². The predicted molar refractivity (Wildman–Crippen MR) is 110 cm³/mol. The molecule has 3 amide bonds. The molecule has 0 spiro atoms. The molecule has 1 heterocycles. The minimum atomic E-state index is -1.04. The van der Waals surface area contributed by atoms with Crippen molar-refractivity contribution < 1.29 is 24.3 Å². The van der Waals surface area contributed by atoms with Crippen molar-refractivity contribution in [2.75, 3.05) is 10.2 Å². The molecule has 0 bridgehead atoms. The number of carboxylic acid groups (broad SMARTS) is 1. The first-order chi connectivity index (χ1) is 14.3. The highest BCUT2D eigenvalue weighted by Crippen LogP contribution is 2.39. The van der Waals surface area contributed by atoms with E-state index in [0.717, 1.165) is 5.57 Å². The maximum Gasteiger partial charge on any atom is 0.335 e. The van der Waals surface area contributed by atoms with Crippen molar-refractivity contribution in [3.63, 3.8) is 0 Å². The van der Waals surface area contributed by atoms with Crippen LogP contribution in [0.3, 0.4) is 0 Å². The molecule has 1 saturated heterocycles. The van der Waals surface area contributed by atoms with Crippen molar-refractivity contribution in [1.29, 1.82) is 0 Å². The van der Waals surface area contributed by atoms with Crippen LogP contribution in [-0.2, 0) is 9.59 Å². The van der Waals surface area contributed by atoms with Gasteiger partial charge in [0.2, 0.25) is 11.8 Å². The number of nitrogens with zero attached hydrogens (tertiary/aromatic N) is 1. The molecule has 1 aliphatic carbocycles. The zero-order chi connectivity index (χ0) is 21.4. The molecule has 7 nitrogen and oxygen atoms in total. The Labute approximate surface area is 173 Å². The number of anilines is 2. The normalized spacial score (nSPS) is 20.6. The van der Waals surface area contributed by atoms with Crippen LogP contribution in [0.1, 0.15) is 40.5 Å². The Morgan fingerprint density at radius 1 is 0.933 bits per heavy atom. The molecule has 7 heteroatoms. The number of amides is 3. The average molecular weight is 404 g/mol. The lowest BCUT2D eigenvalue weighted by atomic mass is 9.82. The minimum absolute atomic E-state index is 0.128. The fourth-order valence-electron chi connectivity index (χ4n) is 3.95. The van der Waals surface area contributed by atoms with Crippen LogP contribution < -0.4 is 10.2 Å². The average Bonchev–Trinajstić information content (AvgIpc) is 2.98. The lowest BCUT2D eigenvalue weighted by Gasteiger charge is -2.18. The largest absolute Gasteiger partial charge is 0.478 e. The summed E-state index contributed by atoms with van der Waals surface area (Å²) >= 11 is 0. The number of rotatable bonds is 4. The minimum Gasteiger partial charge on any atom is -0.478 e. The fraction of sp³-hybridized carbons (Fsp3) is 0.217. The van der Waals surface area contributed by atoms with E-state index in [2.05, 4.69) is 5.32 Å². The highest BCUT2D eigenvalue weighted by molar-refractivity contribution is 6.22. The lowest BCUT2D eigenvalue weighted by Crippen LogP contribution is -2.30. The summed E-state index contributed by atoms with van der Waals surface area (Å²) in [5.41, 5.74) is 2.53. The number of allylic oxidation sites excluding steroid dienone is 2. The first kappa shape index (κ1) is 19.6. The predicted octanol–water partition coefficient (Wildman–Crippen LogP) is 3.48. The Balaban J connectivity index is 1.47. The Kier molecular flexibility index (Phi) is 4.95. The van der Waals surface area contributed by atoms with E-state index in [1.165, 1.54) is 29.2 Å². The first-order valence-electron chi connectivity index (χ1n) is 9.63. The van der Waals surface area contributed by atoms with Gasteiger partial charge in [0, 0.05) is 11.3 Å². The van der Waals surface area contributed by atoms with Crippen LogP contribution in [0, 0.1) is 11.8 Å². The van der Waals surface area contributed by atoms with Crippen LogP contribution in [-0.4, -0.2) is 28.8 Å². The number of hydrogen-bond donors (Lipinski definition) is 2. The highest BCUT2D eigenvalue weighted by atomic mass is 16.4. The van der Waals surface area contributed by atoms with Gasteiger partial charge >= 0.3 is 5.97 Å². The molecule has 152 valence electrons. The maximum absolute atomic E-state index is 12.8. The van der Waals surface area contributed by atoms with Crippen LogP contribution in [0.15, 0.2) is 60.2 Å². The zero-order valence-electron chi connectivity index (χ0n) is 16.3. The summed E-state index contributed by atoms with van der Waals surface area (Å²) < 4.78 is 0. The number of aromatic carboxylic acids is 1. The molecular weight excluding hydrogens is 384 g/mol. The molecule has 2 aromatic rings. The van der Waals surface area contributed by atoms with Gasteiger partial charge in [-0.05, 0) is 68.3 Å². The quantitative estimate of drug-likeness (QED) is 0.600. The second-order valence-electron chi connectivity index (χ2n) is 7.60. The standard InChI is InChI=1S/C23H20N2O5/c1-13-2-11-18-19(12-13)22(28)25(21(18)27)17-9-5-14(6-10-17)20(26)24-16-7-3-15(4-8-16)23(29)30/h2-10,18-19H,11-12H2,1H3,(H,24,26)(H,29,30)/t18-,19-/m0/s1. The van der Waals surface area contributed by atoms with Crippen molar-refractivity contribution in [3.8, 4) is 0 Å². The molecule has 2 N–H and O–H groups in total. The summed E-state index contributed by atoms with van der Waals surface area (Å²) in [6, 6.07) is 12.1. The van der Waals surface area contributed by atoms with Gasteiger partial charge in [0.1, 0.15) is 0 Å². The third kappa shape index (κ3) is 3.50. The van der Waals surface area contributed by atoms with Crippen LogP contribution in [0.5, 0.6) is 0 Å². The molecule has 0 radical (unpaired) electrons. The number of benzene rings is 2. The van der Waals surface area contributed by atoms with Gasteiger partial charge in [-0.2, -0.15) is 0 Å². The fourth-order valence-corrected chi connectivity index (χ4v) is 3.95. The Morgan fingerprint density at radius 2 is 1.53 bits per heavy atom. The third-order valence-electron chi connectivity index (χ3n) is 5.60. The number of fused-ring (bicyclic) bond motifs is 1. The molecule has 0 aromatic heterocycles. The van der Waals surface area contributed by atoms with Crippen molar-refractivity contribution in [2.24, 2.45) is 11.8 Å². The smallest absolute Gasteiger partial charge is 0.335 e. The first-order valence-corrected chi connectivity index (χ1v) is 9.63. The van der Waals surface area contributed by atoms with Crippen molar-refractivity contribution in [2.45, 2.75) is 19.8 Å². The number of carbonyl (C=O) groups is 4. The van der Waals surface area contributed by atoms with Gasteiger partial charge in [-0.15, -0.1) is 0 Å². The van der Waals surface area contributed by atoms with E-state index < -0.39 is 5.97 Å². The maximum atomic E-state index is 12.8. The van der Waals surface area contributed by atoms with Crippen molar-refractivity contribution in [1.82, 2.24) is 0 Å². The molecule has 0 saturated carbocycles. The molecule has 1 fully saturated rings. The van der Waals surface area contributed by atoms with Gasteiger partial charge in [-0.1, -0.05) is 11.6 Å². The number of hydrogen-bond acceptors (Lipinski definition) is 4. The molecule has 4 rings (SSSR count). The second-order valence-corrected chi connectivity index (χ2v) is 7.60. The number of carbonyl (C=O) groups excluding carboxylic acids is 3. The molecule has 0 unspecified atom stereocenters. The summed E-state index contributed by atoms with van der Waals surface area (Å²) in [6.45, 7) is 1.97. The summed E-state index contributed by atoms with van der Waals surface area (Å²) in [6.07, 6.45) is 3.21. The molecule has 2 atom stereocenters.